The Bertz CT molecular complexity index is 1180. The van der Waals surface area contributed by atoms with E-state index in [2.05, 4.69) is 11.9 Å². The number of unbranched alkanes of at least 4 members (excludes halogenated alkanes) is 1. The summed E-state index contributed by atoms with van der Waals surface area (Å²) in [5.41, 5.74) is 3.10. The van der Waals surface area contributed by atoms with E-state index in [1.54, 1.807) is 13.2 Å². The van der Waals surface area contributed by atoms with Gasteiger partial charge in [0.25, 0.3) is 0 Å². The molecule has 28 heavy (non-hydrogen) atoms. The number of pyridine rings is 1. The van der Waals surface area contributed by atoms with Gasteiger partial charge in [-0.3, -0.25) is 0 Å². The molecule has 4 aromatic rings. The molecule has 0 amide bonds. The van der Waals surface area contributed by atoms with Gasteiger partial charge in [-0.2, -0.15) is 0 Å². The van der Waals surface area contributed by atoms with Gasteiger partial charge in [0, 0.05) is 10.8 Å². The molecule has 5 heteroatoms. The second-order valence-electron chi connectivity index (χ2n) is 6.80. The number of rotatable bonds is 6. The predicted molar refractivity (Wildman–Crippen MR) is 109 cm³/mol. The highest BCUT2D eigenvalue weighted by Crippen LogP contribution is 2.34. The maximum absolute atomic E-state index is 11.9. The van der Waals surface area contributed by atoms with Crippen molar-refractivity contribution in [2.45, 2.75) is 26.2 Å². The zero-order chi connectivity index (χ0) is 19.7. The molecule has 0 aliphatic rings. The summed E-state index contributed by atoms with van der Waals surface area (Å²) in [5.74, 6) is 0.164. The van der Waals surface area contributed by atoms with E-state index < -0.39 is 5.97 Å². The monoisotopic (exact) mass is 375 g/mol. The summed E-state index contributed by atoms with van der Waals surface area (Å²) < 4.78 is 11.3. The van der Waals surface area contributed by atoms with Gasteiger partial charge in [-0.15, -0.1) is 0 Å². The van der Waals surface area contributed by atoms with Gasteiger partial charge in [0.2, 0.25) is 0 Å². The lowest BCUT2D eigenvalue weighted by Gasteiger charge is -2.08. The van der Waals surface area contributed by atoms with E-state index in [4.69, 9.17) is 9.15 Å². The molecule has 2 aromatic carbocycles. The first kappa shape index (κ1) is 18.0. The molecular weight excluding hydrogens is 354 g/mol. The second-order valence-corrected chi connectivity index (χ2v) is 6.80. The van der Waals surface area contributed by atoms with Crippen LogP contribution in [0.4, 0.5) is 0 Å². The molecule has 0 aliphatic carbocycles. The molecule has 0 fully saturated rings. The van der Waals surface area contributed by atoms with Crippen molar-refractivity contribution in [1.82, 2.24) is 4.98 Å². The summed E-state index contributed by atoms with van der Waals surface area (Å²) in [4.78, 5) is 16.6. The van der Waals surface area contributed by atoms with Crippen LogP contribution in [-0.4, -0.2) is 23.2 Å². The summed E-state index contributed by atoms with van der Waals surface area (Å²) >= 11 is 0. The number of benzene rings is 2. The number of carboxylic acids is 1. The Kier molecular flexibility index (Phi) is 4.74. The van der Waals surface area contributed by atoms with Crippen molar-refractivity contribution < 1.29 is 19.1 Å². The highest BCUT2D eigenvalue weighted by atomic mass is 16.5. The summed E-state index contributed by atoms with van der Waals surface area (Å²) in [6.45, 7) is 2.14. The van der Waals surface area contributed by atoms with Gasteiger partial charge in [-0.25, -0.2) is 9.78 Å². The largest absolute Gasteiger partial charge is 0.493 e. The average Bonchev–Trinajstić information content (AvgIpc) is 3.15. The molecule has 0 saturated carbocycles. The number of carbonyl (C=O) groups is 1. The van der Waals surface area contributed by atoms with Gasteiger partial charge in [0.1, 0.15) is 5.69 Å². The Morgan fingerprint density at radius 1 is 1.18 bits per heavy atom. The number of ether oxygens (including phenoxy) is 1. The van der Waals surface area contributed by atoms with E-state index in [0.29, 0.717) is 33.7 Å². The van der Waals surface area contributed by atoms with Crippen molar-refractivity contribution in [3.05, 3.63) is 59.7 Å². The molecule has 0 bridgehead atoms. The maximum atomic E-state index is 11.9. The zero-order valence-corrected chi connectivity index (χ0v) is 15.9. The molecule has 2 aromatic heterocycles. The number of aromatic carboxylic acids is 1. The van der Waals surface area contributed by atoms with Crippen LogP contribution in [0, 0.1) is 0 Å². The van der Waals surface area contributed by atoms with E-state index in [1.165, 1.54) is 0 Å². The standard InChI is InChI=1S/C23H21NO4/c1-3-4-6-14-9-10-18-16(11-14)17(23(25)26)13-19(24-18)21-12-15-7-5-8-20(27-2)22(15)28-21/h5,7-13H,3-4,6H2,1-2H3,(H,25,26). The van der Waals surface area contributed by atoms with Crippen LogP contribution in [0.1, 0.15) is 35.7 Å². The Labute approximate surface area is 162 Å². The van der Waals surface area contributed by atoms with Crippen LogP contribution in [0.5, 0.6) is 5.75 Å². The van der Waals surface area contributed by atoms with Crippen LogP contribution in [0.3, 0.4) is 0 Å². The van der Waals surface area contributed by atoms with Gasteiger partial charge < -0.3 is 14.3 Å². The molecule has 0 unspecified atom stereocenters. The number of fused-ring (bicyclic) bond motifs is 2. The van der Waals surface area contributed by atoms with E-state index in [0.717, 1.165) is 30.2 Å². The molecule has 0 radical (unpaired) electrons. The number of hydrogen-bond donors (Lipinski definition) is 1. The first-order valence-corrected chi connectivity index (χ1v) is 9.34. The third kappa shape index (κ3) is 3.20. The van der Waals surface area contributed by atoms with Crippen molar-refractivity contribution in [2.75, 3.05) is 7.11 Å². The van der Waals surface area contributed by atoms with Gasteiger partial charge >= 0.3 is 5.97 Å². The summed E-state index contributed by atoms with van der Waals surface area (Å²) in [6, 6.07) is 14.9. The molecule has 0 saturated heterocycles. The molecule has 4 rings (SSSR count). The SMILES string of the molecule is CCCCc1ccc2nc(-c3cc4cccc(OC)c4o3)cc(C(=O)O)c2c1. The van der Waals surface area contributed by atoms with E-state index in [9.17, 15) is 9.90 Å². The third-order valence-electron chi connectivity index (χ3n) is 4.90. The van der Waals surface area contributed by atoms with E-state index in [-0.39, 0.29) is 5.56 Å². The van der Waals surface area contributed by atoms with Crippen molar-refractivity contribution >= 4 is 27.8 Å². The number of carboxylic acid groups (broad SMARTS) is 1. The van der Waals surface area contributed by atoms with Crippen LogP contribution >= 0.6 is 0 Å². The predicted octanol–water partition coefficient (Wildman–Crippen LogP) is 5.70. The smallest absolute Gasteiger partial charge is 0.336 e. The zero-order valence-electron chi connectivity index (χ0n) is 15.9. The number of aromatic nitrogens is 1. The lowest BCUT2D eigenvalue weighted by molar-refractivity contribution is 0.0699. The fourth-order valence-corrected chi connectivity index (χ4v) is 3.44. The molecule has 0 atom stereocenters. The highest BCUT2D eigenvalue weighted by Gasteiger charge is 2.17. The molecule has 5 nitrogen and oxygen atoms in total. The van der Waals surface area contributed by atoms with Crippen LogP contribution in [0.2, 0.25) is 0 Å². The van der Waals surface area contributed by atoms with Gasteiger partial charge in [-0.1, -0.05) is 31.5 Å². The fourth-order valence-electron chi connectivity index (χ4n) is 3.44. The van der Waals surface area contributed by atoms with Crippen LogP contribution < -0.4 is 4.74 Å². The molecule has 2 heterocycles. The number of aryl methyl sites for hydroxylation is 1. The average molecular weight is 375 g/mol. The maximum Gasteiger partial charge on any atom is 0.336 e. The summed E-state index contributed by atoms with van der Waals surface area (Å²) in [5, 5.41) is 11.3. The first-order chi connectivity index (χ1) is 13.6. The Hall–Kier alpha value is -3.34. The van der Waals surface area contributed by atoms with Gasteiger partial charge in [0.05, 0.1) is 18.2 Å². The van der Waals surface area contributed by atoms with Crippen LogP contribution in [0.25, 0.3) is 33.3 Å². The Morgan fingerprint density at radius 3 is 2.79 bits per heavy atom. The molecule has 142 valence electrons. The summed E-state index contributed by atoms with van der Waals surface area (Å²) in [7, 11) is 1.59. The lowest BCUT2D eigenvalue weighted by Crippen LogP contribution is -2.01. The van der Waals surface area contributed by atoms with E-state index in [1.807, 2.05) is 42.5 Å². The van der Waals surface area contributed by atoms with Crippen LogP contribution in [-0.2, 0) is 6.42 Å². The van der Waals surface area contributed by atoms with Crippen LogP contribution in [0.15, 0.2) is 52.9 Å². The van der Waals surface area contributed by atoms with Crippen molar-refractivity contribution in [3.8, 4) is 17.2 Å². The summed E-state index contributed by atoms with van der Waals surface area (Å²) in [6.07, 6.45) is 3.09. The minimum atomic E-state index is -0.977. The van der Waals surface area contributed by atoms with Gasteiger partial charge in [-0.05, 0) is 48.7 Å². The third-order valence-corrected chi connectivity index (χ3v) is 4.90. The number of hydrogen-bond acceptors (Lipinski definition) is 4. The molecule has 1 N–H and O–H groups in total. The number of nitrogens with zero attached hydrogens (tertiary/aromatic N) is 1. The lowest BCUT2D eigenvalue weighted by atomic mass is 10.0. The molecule has 0 aliphatic heterocycles. The van der Waals surface area contributed by atoms with Crippen molar-refractivity contribution in [2.24, 2.45) is 0 Å². The second kappa shape index (κ2) is 7.35. The van der Waals surface area contributed by atoms with E-state index >= 15 is 0 Å². The van der Waals surface area contributed by atoms with Gasteiger partial charge in [0.15, 0.2) is 17.1 Å². The quantitative estimate of drug-likeness (QED) is 0.468. The Morgan fingerprint density at radius 2 is 2.04 bits per heavy atom. The number of furan rings is 1. The normalized spacial score (nSPS) is 11.2. The Balaban J connectivity index is 1.87. The highest BCUT2D eigenvalue weighted by molar-refractivity contribution is 6.04. The first-order valence-electron chi connectivity index (χ1n) is 9.34. The molecule has 0 spiro atoms. The minimum Gasteiger partial charge on any atom is -0.493 e. The fraction of sp³-hybridized carbons (Fsp3) is 0.217. The topological polar surface area (TPSA) is 72.6 Å². The van der Waals surface area contributed by atoms with Crippen molar-refractivity contribution in [1.29, 1.82) is 0 Å². The number of para-hydroxylation sites is 1. The minimum absolute atomic E-state index is 0.228. The molecular formula is C23H21NO4. The number of methoxy groups -OCH3 is 1. The van der Waals surface area contributed by atoms with Crippen molar-refractivity contribution in [3.63, 3.8) is 0 Å².